The van der Waals surface area contributed by atoms with Gasteiger partial charge in [-0.2, -0.15) is 0 Å². The summed E-state index contributed by atoms with van der Waals surface area (Å²) in [6, 6.07) is 13.4. The van der Waals surface area contributed by atoms with E-state index in [-0.39, 0.29) is 12.5 Å². The van der Waals surface area contributed by atoms with Gasteiger partial charge >= 0.3 is 0 Å². The second kappa shape index (κ2) is 5.92. The second-order valence-corrected chi connectivity index (χ2v) is 6.76. The monoisotopic (exact) mass is 356 g/mol. The number of likely N-dealkylation sites (N-methyl/N-ethyl adjacent to an activating group) is 1. The van der Waals surface area contributed by atoms with Crippen molar-refractivity contribution < 1.29 is 9.53 Å². The van der Waals surface area contributed by atoms with Crippen LogP contribution in [-0.4, -0.2) is 24.5 Å². The van der Waals surface area contributed by atoms with Crippen LogP contribution in [0.5, 0.6) is 5.75 Å². The first-order valence-corrected chi connectivity index (χ1v) is 8.63. The number of amides is 1. The molecule has 4 nitrogen and oxygen atoms in total. The van der Waals surface area contributed by atoms with Crippen molar-refractivity contribution in [1.82, 2.24) is 4.98 Å². The maximum atomic E-state index is 11.8. The van der Waals surface area contributed by atoms with Gasteiger partial charge in [-0.25, -0.2) is 4.98 Å². The molecule has 2 heterocycles. The average molecular weight is 357 g/mol. The summed E-state index contributed by atoms with van der Waals surface area (Å²) in [4.78, 5) is 18.1. The Balaban J connectivity index is 1.70. The van der Waals surface area contributed by atoms with Crippen LogP contribution in [0.3, 0.4) is 0 Å². The third-order valence-corrected chi connectivity index (χ3v) is 5.08. The van der Waals surface area contributed by atoms with Gasteiger partial charge in [0.2, 0.25) is 0 Å². The SMILES string of the molecule is CN1C(=O)COc2ccc(-c3csc(-c4ccc(Cl)cc4)n3)cc21. The third kappa shape index (κ3) is 2.66. The van der Waals surface area contributed by atoms with Crippen LogP contribution in [0, 0.1) is 0 Å². The normalized spacial score (nSPS) is 13.6. The van der Waals surface area contributed by atoms with Gasteiger partial charge in [-0.05, 0) is 30.3 Å². The minimum atomic E-state index is -0.0558. The zero-order valence-corrected chi connectivity index (χ0v) is 14.4. The van der Waals surface area contributed by atoms with Crippen molar-refractivity contribution in [1.29, 1.82) is 0 Å². The first kappa shape index (κ1) is 15.2. The Morgan fingerprint density at radius 1 is 1.17 bits per heavy atom. The number of nitrogens with zero attached hydrogens (tertiary/aromatic N) is 2. The Bertz CT molecular complexity index is 921. The molecule has 0 atom stereocenters. The molecule has 2 aromatic carbocycles. The topological polar surface area (TPSA) is 42.4 Å². The molecule has 0 aliphatic carbocycles. The molecule has 3 aromatic rings. The maximum absolute atomic E-state index is 11.8. The summed E-state index contributed by atoms with van der Waals surface area (Å²) in [7, 11) is 1.76. The molecule has 1 aliphatic rings. The standard InChI is InChI=1S/C18H13ClN2O2S/c1-21-15-8-12(4-7-16(15)23-9-17(21)22)14-10-24-18(20-14)11-2-5-13(19)6-3-11/h2-8,10H,9H2,1H3. The Hall–Kier alpha value is -2.37. The van der Waals surface area contributed by atoms with Crippen LogP contribution < -0.4 is 9.64 Å². The molecule has 6 heteroatoms. The number of fused-ring (bicyclic) bond motifs is 1. The van der Waals surface area contributed by atoms with E-state index in [0.29, 0.717) is 10.8 Å². The van der Waals surface area contributed by atoms with E-state index in [1.807, 2.05) is 47.8 Å². The summed E-state index contributed by atoms with van der Waals surface area (Å²) in [5, 5.41) is 3.65. The van der Waals surface area contributed by atoms with Crippen LogP contribution in [0.2, 0.25) is 5.02 Å². The first-order valence-electron chi connectivity index (χ1n) is 7.37. The van der Waals surface area contributed by atoms with Crippen molar-refractivity contribution in [3.63, 3.8) is 0 Å². The summed E-state index contributed by atoms with van der Waals surface area (Å²) in [6.45, 7) is 0.0836. The predicted molar refractivity (Wildman–Crippen MR) is 96.9 cm³/mol. The summed E-state index contributed by atoms with van der Waals surface area (Å²) in [6.07, 6.45) is 0. The minimum absolute atomic E-state index is 0.0558. The molecule has 24 heavy (non-hydrogen) atoms. The van der Waals surface area contributed by atoms with Crippen LogP contribution in [0.1, 0.15) is 0 Å². The summed E-state index contributed by atoms with van der Waals surface area (Å²) < 4.78 is 5.46. The fraction of sp³-hybridized carbons (Fsp3) is 0.111. The van der Waals surface area contributed by atoms with E-state index >= 15 is 0 Å². The Morgan fingerprint density at radius 3 is 2.71 bits per heavy atom. The van der Waals surface area contributed by atoms with Crippen molar-refractivity contribution in [3.8, 4) is 27.6 Å². The molecular formula is C18H13ClN2O2S. The Kier molecular flexibility index (Phi) is 3.75. The summed E-state index contributed by atoms with van der Waals surface area (Å²) >= 11 is 7.51. The van der Waals surface area contributed by atoms with Crippen molar-refractivity contribution in [3.05, 3.63) is 52.9 Å². The van der Waals surface area contributed by atoms with E-state index in [4.69, 9.17) is 21.3 Å². The van der Waals surface area contributed by atoms with Gasteiger partial charge in [0.05, 0.1) is 11.4 Å². The molecule has 0 spiro atoms. The van der Waals surface area contributed by atoms with Gasteiger partial charge < -0.3 is 9.64 Å². The van der Waals surface area contributed by atoms with Gasteiger partial charge in [0.1, 0.15) is 10.8 Å². The van der Waals surface area contributed by atoms with Crippen molar-refractivity contribution in [2.75, 3.05) is 18.6 Å². The number of rotatable bonds is 2. The van der Waals surface area contributed by atoms with Gasteiger partial charge in [-0.3, -0.25) is 4.79 Å². The Labute approximate surface area is 148 Å². The maximum Gasteiger partial charge on any atom is 0.264 e. The van der Waals surface area contributed by atoms with E-state index < -0.39 is 0 Å². The fourth-order valence-corrected chi connectivity index (χ4v) is 3.52. The highest BCUT2D eigenvalue weighted by molar-refractivity contribution is 7.13. The molecule has 0 radical (unpaired) electrons. The van der Waals surface area contributed by atoms with Crippen molar-refractivity contribution in [2.45, 2.75) is 0 Å². The van der Waals surface area contributed by atoms with Crippen LogP contribution in [0.25, 0.3) is 21.8 Å². The zero-order valence-electron chi connectivity index (χ0n) is 12.8. The molecule has 1 aromatic heterocycles. The highest BCUT2D eigenvalue weighted by Gasteiger charge is 2.22. The van der Waals surface area contributed by atoms with Crippen LogP contribution >= 0.6 is 22.9 Å². The second-order valence-electron chi connectivity index (χ2n) is 5.47. The first-order chi connectivity index (χ1) is 11.6. The number of halogens is 1. The number of ether oxygens (including phenoxy) is 1. The lowest BCUT2D eigenvalue weighted by Crippen LogP contribution is -2.35. The largest absolute Gasteiger partial charge is 0.482 e. The number of carbonyl (C=O) groups is 1. The van der Waals surface area contributed by atoms with Gasteiger partial charge in [0, 0.05) is 28.6 Å². The smallest absolute Gasteiger partial charge is 0.264 e. The van der Waals surface area contributed by atoms with Crippen LogP contribution in [-0.2, 0) is 4.79 Å². The lowest BCUT2D eigenvalue weighted by molar-refractivity contribution is -0.120. The number of hydrogen-bond donors (Lipinski definition) is 0. The van der Waals surface area contributed by atoms with E-state index in [2.05, 4.69) is 0 Å². The average Bonchev–Trinajstić information content (AvgIpc) is 3.09. The molecule has 0 fully saturated rings. The van der Waals surface area contributed by atoms with E-state index in [1.54, 1.807) is 23.3 Å². The summed E-state index contributed by atoms with van der Waals surface area (Å²) in [5.74, 6) is 0.661. The van der Waals surface area contributed by atoms with Gasteiger partial charge in [0.15, 0.2) is 6.61 Å². The molecule has 0 bridgehead atoms. The number of benzene rings is 2. The molecule has 0 N–H and O–H groups in total. The fourth-order valence-electron chi connectivity index (χ4n) is 2.56. The number of carbonyl (C=O) groups excluding carboxylic acids is 1. The van der Waals surface area contributed by atoms with E-state index in [0.717, 1.165) is 27.5 Å². The number of anilines is 1. The minimum Gasteiger partial charge on any atom is -0.482 e. The molecule has 0 saturated carbocycles. The van der Waals surface area contributed by atoms with E-state index in [9.17, 15) is 4.79 Å². The van der Waals surface area contributed by atoms with Crippen molar-refractivity contribution >= 4 is 34.5 Å². The molecule has 1 aliphatic heterocycles. The predicted octanol–water partition coefficient (Wildman–Crippen LogP) is 4.49. The Morgan fingerprint density at radius 2 is 1.92 bits per heavy atom. The number of aromatic nitrogens is 1. The molecule has 0 saturated heterocycles. The van der Waals surface area contributed by atoms with E-state index in [1.165, 1.54) is 0 Å². The third-order valence-electron chi connectivity index (χ3n) is 3.94. The number of hydrogen-bond acceptors (Lipinski definition) is 4. The molecule has 0 unspecified atom stereocenters. The highest BCUT2D eigenvalue weighted by atomic mass is 35.5. The van der Waals surface area contributed by atoms with Gasteiger partial charge in [-0.1, -0.05) is 23.7 Å². The molecular weight excluding hydrogens is 344 g/mol. The number of thiazole rings is 1. The lowest BCUT2D eigenvalue weighted by atomic mass is 10.1. The van der Waals surface area contributed by atoms with Crippen LogP contribution in [0.4, 0.5) is 5.69 Å². The molecule has 1 amide bonds. The van der Waals surface area contributed by atoms with Gasteiger partial charge in [0.25, 0.3) is 5.91 Å². The van der Waals surface area contributed by atoms with Gasteiger partial charge in [-0.15, -0.1) is 11.3 Å². The molecule has 120 valence electrons. The summed E-state index contributed by atoms with van der Waals surface area (Å²) in [5.41, 5.74) is 3.63. The van der Waals surface area contributed by atoms with Crippen LogP contribution in [0.15, 0.2) is 47.8 Å². The quantitative estimate of drug-likeness (QED) is 0.679. The lowest BCUT2D eigenvalue weighted by Gasteiger charge is -2.26. The zero-order chi connectivity index (χ0) is 16.7. The highest BCUT2D eigenvalue weighted by Crippen LogP contribution is 2.36. The molecule has 4 rings (SSSR count). The van der Waals surface area contributed by atoms with Crippen molar-refractivity contribution in [2.24, 2.45) is 0 Å².